The highest BCUT2D eigenvalue weighted by Crippen LogP contribution is 2.31. The molecule has 0 amide bonds. The summed E-state index contributed by atoms with van der Waals surface area (Å²) in [4.78, 5) is 3.93. The number of aryl methyl sites for hydroxylation is 1. The first-order valence-corrected chi connectivity index (χ1v) is 7.13. The minimum absolute atomic E-state index is 0.0378. The zero-order valence-electron chi connectivity index (χ0n) is 13.9. The summed E-state index contributed by atoms with van der Waals surface area (Å²) in [6, 6.07) is 4.97. The third-order valence-electron chi connectivity index (χ3n) is 3.25. The predicted octanol–water partition coefficient (Wildman–Crippen LogP) is 2.38. The number of hydrogen-bond donors (Lipinski definition) is 2. The number of nitrogens with two attached hydrogens (primary N) is 1. The van der Waals surface area contributed by atoms with Gasteiger partial charge in [-0.15, -0.1) is 0 Å². The Morgan fingerprint density at radius 2 is 1.96 bits per heavy atom. The molecule has 1 aromatic heterocycles. The molecule has 0 radical (unpaired) electrons. The second-order valence-corrected chi connectivity index (χ2v) is 5.07. The highest BCUT2D eigenvalue weighted by molar-refractivity contribution is 5.92. The fourth-order valence-corrected chi connectivity index (χ4v) is 2.16. The van der Waals surface area contributed by atoms with Gasteiger partial charge in [0.15, 0.2) is 23.2 Å². The number of rotatable bonds is 5. The maximum Gasteiger partial charge on any atom is 0.435 e. The maximum absolute atomic E-state index is 12.9. The number of nitrogens with zero attached hydrogens (tertiary/aromatic N) is 3. The van der Waals surface area contributed by atoms with Gasteiger partial charge in [-0.05, 0) is 12.1 Å². The lowest BCUT2D eigenvalue weighted by Crippen LogP contribution is -2.22. The lowest BCUT2D eigenvalue weighted by molar-refractivity contribution is -0.142. The van der Waals surface area contributed by atoms with E-state index in [1.807, 2.05) is 0 Å². The van der Waals surface area contributed by atoms with Crippen LogP contribution in [0.1, 0.15) is 11.3 Å². The molecule has 10 heteroatoms. The van der Waals surface area contributed by atoms with Crippen molar-refractivity contribution in [3.05, 3.63) is 35.7 Å². The first kappa shape index (κ1) is 18.4. The molecule has 0 atom stereocenters. The number of methoxy groups -OCH3 is 2. The standard InChI is InChI=1S/C15H18F3N5O2/c1-23-8-9(13(22-23)15(16,17)18)7-20-14(19)21-10-4-5-11(24-2)12(6-10)25-3/h4-6,8H,7H2,1-3H3,(H3,19,20,21). The Hall–Kier alpha value is -2.91. The zero-order valence-corrected chi connectivity index (χ0v) is 13.9. The van der Waals surface area contributed by atoms with Crippen LogP contribution in [0.2, 0.25) is 0 Å². The molecule has 0 bridgehead atoms. The number of anilines is 1. The van der Waals surface area contributed by atoms with E-state index < -0.39 is 11.9 Å². The molecule has 0 saturated heterocycles. The summed E-state index contributed by atoms with van der Waals surface area (Å²) in [7, 11) is 4.40. The number of halogens is 3. The summed E-state index contributed by atoms with van der Waals surface area (Å²) in [5.41, 5.74) is 5.26. The summed E-state index contributed by atoms with van der Waals surface area (Å²) < 4.78 is 50.0. The van der Waals surface area contributed by atoms with Gasteiger partial charge in [0.1, 0.15) is 0 Å². The van der Waals surface area contributed by atoms with E-state index in [9.17, 15) is 13.2 Å². The van der Waals surface area contributed by atoms with Crippen LogP contribution < -0.4 is 20.5 Å². The monoisotopic (exact) mass is 357 g/mol. The van der Waals surface area contributed by atoms with Crippen molar-refractivity contribution in [2.24, 2.45) is 17.8 Å². The molecule has 0 aliphatic rings. The highest BCUT2D eigenvalue weighted by atomic mass is 19.4. The summed E-state index contributed by atoms with van der Waals surface area (Å²) in [5.74, 6) is 0.977. The minimum atomic E-state index is -4.54. The number of aliphatic imine (C=N–C) groups is 1. The van der Waals surface area contributed by atoms with Crippen molar-refractivity contribution >= 4 is 11.6 Å². The molecule has 0 unspecified atom stereocenters. The quantitative estimate of drug-likeness (QED) is 0.634. The van der Waals surface area contributed by atoms with Crippen LogP contribution in [0.5, 0.6) is 11.5 Å². The molecule has 2 rings (SSSR count). The summed E-state index contributed by atoms with van der Waals surface area (Å²) in [6.07, 6.45) is -3.28. The van der Waals surface area contributed by atoms with Gasteiger partial charge >= 0.3 is 6.18 Å². The van der Waals surface area contributed by atoms with Crippen LogP contribution >= 0.6 is 0 Å². The maximum atomic E-state index is 12.9. The van der Waals surface area contributed by atoms with Crippen molar-refractivity contribution in [1.29, 1.82) is 0 Å². The summed E-state index contributed by atoms with van der Waals surface area (Å²) in [5, 5.41) is 6.20. The molecule has 0 aliphatic heterocycles. The molecule has 136 valence electrons. The van der Waals surface area contributed by atoms with Crippen molar-refractivity contribution in [3.8, 4) is 11.5 Å². The van der Waals surface area contributed by atoms with E-state index in [0.29, 0.717) is 17.2 Å². The molecule has 0 saturated carbocycles. The number of benzene rings is 1. The number of ether oxygens (including phenoxy) is 2. The largest absolute Gasteiger partial charge is 0.493 e. The Kier molecular flexibility index (Phi) is 5.40. The molecule has 2 aromatic rings. The van der Waals surface area contributed by atoms with Gasteiger partial charge in [0, 0.05) is 30.6 Å². The average molecular weight is 357 g/mol. The number of alkyl halides is 3. The van der Waals surface area contributed by atoms with Crippen LogP contribution in [0.4, 0.5) is 18.9 Å². The molecular formula is C15H18F3N5O2. The molecule has 1 heterocycles. The van der Waals surface area contributed by atoms with E-state index in [1.54, 1.807) is 18.2 Å². The summed E-state index contributed by atoms with van der Waals surface area (Å²) >= 11 is 0. The zero-order chi connectivity index (χ0) is 18.6. The van der Waals surface area contributed by atoms with E-state index in [2.05, 4.69) is 15.4 Å². The Balaban J connectivity index is 2.13. The van der Waals surface area contributed by atoms with Crippen molar-refractivity contribution in [3.63, 3.8) is 0 Å². The van der Waals surface area contributed by atoms with E-state index in [4.69, 9.17) is 15.2 Å². The van der Waals surface area contributed by atoms with Crippen LogP contribution in [0, 0.1) is 0 Å². The van der Waals surface area contributed by atoms with Gasteiger partial charge in [0.2, 0.25) is 0 Å². The van der Waals surface area contributed by atoms with Gasteiger partial charge in [-0.25, -0.2) is 4.99 Å². The first-order chi connectivity index (χ1) is 11.7. The van der Waals surface area contributed by atoms with E-state index >= 15 is 0 Å². The molecule has 7 nitrogen and oxygen atoms in total. The normalized spacial score (nSPS) is 12.2. The summed E-state index contributed by atoms with van der Waals surface area (Å²) in [6.45, 7) is -0.255. The van der Waals surface area contributed by atoms with Crippen molar-refractivity contribution in [1.82, 2.24) is 9.78 Å². The smallest absolute Gasteiger partial charge is 0.435 e. The molecule has 0 aliphatic carbocycles. The Labute approximate surface area is 142 Å². The third-order valence-corrected chi connectivity index (χ3v) is 3.25. The Morgan fingerprint density at radius 3 is 2.56 bits per heavy atom. The number of aromatic nitrogens is 2. The molecule has 0 spiro atoms. The van der Waals surface area contributed by atoms with Gasteiger partial charge in [-0.2, -0.15) is 18.3 Å². The van der Waals surface area contributed by atoms with Crippen LogP contribution in [0.25, 0.3) is 0 Å². The van der Waals surface area contributed by atoms with Crippen LogP contribution in [0.3, 0.4) is 0 Å². The Morgan fingerprint density at radius 1 is 1.28 bits per heavy atom. The second kappa shape index (κ2) is 7.32. The van der Waals surface area contributed by atoms with E-state index in [-0.39, 0.29) is 18.1 Å². The van der Waals surface area contributed by atoms with Crippen LogP contribution in [-0.2, 0) is 19.8 Å². The Bertz CT molecular complexity index is 771. The third kappa shape index (κ3) is 4.55. The SMILES string of the molecule is COc1ccc(NC(N)=NCc2cn(C)nc2C(F)(F)F)cc1OC. The lowest BCUT2D eigenvalue weighted by atomic mass is 10.2. The van der Waals surface area contributed by atoms with Gasteiger partial charge in [-0.3, -0.25) is 4.68 Å². The van der Waals surface area contributed by atoms with Gasteiger partial charge in [0.25, 0.3) is 0 Å². The second-order valence-electron chi connectivity index (χ2n) is 5.07. The lowest BCUT2D eigenvalue weighted by Gasteiger charge is -2.11. The van der Waals surface area contributed by atoms with Crippen molar-refractivity contribution in [2.45, 2.75) is 12.7 Å². The van der Waals surface area contributed by atoms with Crippen molar-refractivity contribution in [2.75, 3.05) is 19.5 Å². The van der Waals surface area contributed by atoms with Gasteiger partial charge in [-0.1, -0.05) is 0 Å². The fraction of sp³-hybridized carbons (Fsp3) is 0.333. The first-order valence-electron chi connectivity index (χ1n) is 7.13. The van der Waals surface area contributed by atoms with Gasteiger partial charge in [0.05, 0.1) is 20.8 Å². The average Bonchev–Trinajstić information content (AvgIpc) is 2.94. The van der Waals surface area contributed by atoms with Crippen LogP contribution in [-0.4, -0.2) is 30.0 Å². The predicted molar refractivity (Wildman–Crippen MR) is 86.7 cm³/mol. The van der Waals surface area contributed by atoms with E-state index in [0.717, 1.165) is 4.68 Å². The number of hydrogen-bond acceptors (Lipinski definition) is 4. The van der Waals surface area contributed by atoms with Gasteiger partial charge < -0.3 is 20.5 Å². The molecule has 0 fully saturated rings. The molecular weight excluding hydrogens is 339 g/mol. The topological polar surface area (TPSA) is 86.7 Å². The minimum Gasteiger partial charge on any atom is -0.493 e. The van der Waals surface area contributed by atoms with E-state index in [1.165, 1.54) is 27.5 Å². The van der Waals surface area contributed by atoms with Crippen molar-refractivity contribution < 1.29 is 22.6 Å². The number of nitrogens with one attached hydrogen (secondary N) is 1. The highest BCUT2D eigenvalue weighted by Gasteiger charge is 2.36. The number of guanidine groups is 1. The molecule has 25 heavy (non-hydrogen) atoms. The molecule has 1 aromatic carbocycles. The fourth-order valence-electron chi connectivity index (χ4n) is 2.16. The molecule has 3 N–H and O–H groups in total. The van der Waals surface area contributed by atoms with Crippen LogP contribution in [0.15, 0.2) is 29.4 Å².